The third-order valence-electron chi connectivity index (χ3n) is 5.96. The summed E-state index contributed by atoms with van der Waals surface area (Å²) < 4.78 is 10.9. The molecule has 0 fully saturated rings. The zero-order valence-electron chi connectivity index (χ0n) is 26.1. The van der Waals surface area contributed by atoms with E-state index < -0.39 is 59.2 Å². The largest absolute Gasteiger partial charge is 0.508 e. The van der Waals surface area contributed by atoms with Gasteiger partial charge in [0, 0.05) is 18.0 Å². The highest BCUT2D eigenvalue weighted by Gasteiger charge is 2.39. The molecule has 0 bridgehead atoms. The molecule has 0 aliphatic heterocycles. The second-order valence-electron chi connectivity index (χ2n) is 12.5. The molecule has 3 unspecified atom stereocenters. The van der Waals surface area contributed by atoms with Crippen LogP contribution in [0.15, 0.2) is 54.6 Å². The fourth-order valence-electron chi connectivity index (χ4n) is 4.25. The number of hydrogen-bond donors (Lipinski definition) is 3. The Bertz CT molecular complexity index is 1230. The van der Waals surface area contributed by atoms with E-state index in [2.05, 4.69) is 10.6 Å². The van der Waals surface area contributed by atoms with Gasteiger partial charge in [0.25, 0.3) is 0 Å². The van der Waals surface area contributed by atoms with Gasteiger partial charge in [-0.25, -0.2) is 9.59 Å². The van der Waals surface area contributed by atoms with E-state index in [1.54, 1.807) is 67.5 Å². The van der Waals surface area contributed by atoms with Crippen LogP contribution >= 0.6 is 0 Å². The molecule has 42 heavy (non-hydrogen) atoms. The third-order valence-corrected chi connectivity index (χ3v) is 5.96. The minimum absolute atomic E-state index is 0.140. The lowest BCUT2D eigenvalue weighted by molar-refractivity contribution is -0.159. The first kappa shape index (κ1) is 34.1. The number of carbonyl (C=O) groups is 4. The van der Waals surface area contributed by atoms with Gasteiger partial charge in [-0.15, -0.1) is 0 Å². The van der Waals surface area contributed by atoms with Gasteiger partial charge in [-0.2, -0.15) is 0 Å². The van der Waals surface area contributed by atoms with Crippen molar-refractivity contribution >= 4 is 23.9 Å². The second kappa shape index (κ2) is 14.2. The number of benzene rings is 2. The number of rotatable bonds is 10. The normalized spacial score (nSPS) is 13.9. The zero-order valence-corrected chi connectivity index (χ0v) is 26.1. The van der Waals surface area contributed by atoms with Crippen molar-refractivity contribution in [2.45, 2.75) is 104 Å². The molecule has 2 rings (SSSR count). The van der Waals surface area contributed by atoms with Gasteiger partial charge >= 0.3 is 12.1 Å². The smallest absolute Gasteiger partial charge is 0.408 e. The minimum atomic E-state index is -1.35. The van der Waals surface area contributed by atoms with Gasteiger partial charge in [0.15, 0.2) is 0 Å². The number of carbonyl (C=O) groups excluding carboxylic acids is 4. The van der Waals surface area contributed by atoms with Crippen molar-refractivity contribution in [1.29, 1.82) is 0 Å². The van der Waals surface area contributed by atoms with Crippen molar-refractivity contribution < 1.29 is 33.8 Å². The molecule has 230 valence electrons. The molecule has 10 heteroatoms. The number of phenols is 1. The van der Waals surface area contributed by atoms with Crippen LogP contribution in [0.4, 0.5) is 4.79 Å². The quantitative estimate of drug-likeness (QED) is 0.347. The monoisotopic (exact) mass is 583 g/mol. The van der Waals surface area contributed by atoms with Crippen LogP contribution in [0.3, 0.4) is 0 Å². The van der Waals surface area contributed by atoms with Crippen molar-refractivity contribution in [3.8, 4) is 5.75 Å². The van der Waals surface area contributed by atoms with E-state index in [1.165, 1.54) is 24.0 Å². The molecule has 0 spiro atoms. The maximum atomic E-state index is 14.1. The van der Waals surface area contributed by atoms with Crippen molar-refractivity contribution in [3.05, 3.63) is 65.7 Å². The van der Waals surface area contributed by atoms with Crippen molar-refractivity contribution in [3.63, 3.8) is 0 Å². The maximum Gasteiger partial charge on any atom is 0.408 e. The lowest BCUT2D eigenvalue weighted by Gasteiger charge is -2.37. The first-order valence-corrected chi connectivity index (χ1v) is 14.1. The van der Waals surface area contributed by atoms with Crippen LogP contribution < -0.4 is 10.6 Å². The van der Waals surface area contributed by atoms with Crippen LogP contribution in [0.5, 0.6) is 5.75 Å². The lowest BCUT2D eigenvalue weighted by atomic mass is 9.99. The summed E-state index contributed by atoms with van der Waals surface area (Å²) in [6, 6.07) is 11.3. The first-order valence-electron chi connectivity index (χ1n) is 14.1. The Hall–Kier alpha value is -4.08. The Morgan fingerprint density at radius 2 is 1.36 bits per heavy atom. The number of alkyl carbamates (subject to hydrolysis) is 1. The number of amides is 3. The van der Waals surface area contributed by atoms with E-state index in [-0.39, 0.29) is 17.7 Å². The Morgan fingerprint density at radius 1 is 0.810 bits per heavy atom. The highest BCUT2D eigenvalue weighted by atomic mass is 16.6. The third kappa shape index (κ3) is 10.4. The Balaban J connectivity index is 2.51. The van der Waals surface area contributed by atoms with Crippen LogP contribution in [-0.4, -0.2) is 63.2 Å². The standard InChI is InChI=1S/C32H45N3O7/c1-20(2)35(28(38)21(3)33-30(40)42-32(7,8)9)26(23-17-13-14-18-25(23)36)27(37)34-24(29(39)41-31(4,5)6)19-22-15-11-10-12-16-22/h10-18,20-21,24,26,36H,19H2,1-9H3,(H,33,40)(H,34,37). The van der Waals surface area contributed by atoms with Crippen LogP contribution in [0.2, 0.25) is 0 Å². The van der Waals surface area contributed by atoms with Crippen LogP contribution in [0, 0.1) is 0 Å². The first-order chi connectivity index (χ1) is 19.4. The molecular weight excluding hydrogens is 538 g/mol. The van der Waals surface area contributed by atoms with Crippen molar-refractivity contribution in [1.82, 2.24) is 15.5 Å². The number of nitrogens with one attached hydrogen (secondary N) is 2. The number of aromatic hydroxyl groups is 1. The molecule has 0 saturated heterocycles. The molecule has 3 atom stereocenters. The molecule has 0 aliphatic rings. The van der Waals surface area contributed by atoms with Crippen LogP contribution in [0.25, 0.3) is 0 Å². The van der Waals surface area contributed by atoms with Gasteiger partial charge in [0.05, 0.1) is 0 Å². The van der Waals surface area contributed by atoms with Crippen molar-refractivity contribution in [2.75, 3.05) is 0 Å². The predicted octanol–water partition coefficient (Wildman–Crippen LogP) is 4.65. The highest BCUT2D eigenvalue weighted by Crippen LogP contribution is 2.31. The van der Waals surface area contributed by atoms with Gasteiger partial charge in [-0.05, 0) is 73.9 Å². The zero-order chi connectivity index (χ0) is 31.8. The van der Waals surface area contributed by atoms with Gasteiger partial charge in [0.2, 0.25) is 11.8 Å². The highest BCUT2D eigenvalue weighted by molar-refractivity contribution is 5.94. The van der Waals surface area contributed by atoms with Crippen LogP contribution in [-0.2, 0) is 30.3 Å². The summed E-state index contributed by atoms with van der Waals surface area (Å²) in [5.74, 6) is -2.13. The molecule has 0 radical (unpaired) electrons. The number of phenolic OH excluding ortho intramolecular Hbond substituents is 1. The van der Waals surface area contributed by atoms with E-state index in [0.29, 0.717) is 0 Å². The average molecular weight is 584 g/mol. The molecule has 0 aliphatic carbocycles. The van der Waals surface area contributed by atoms with E-state index in [0.717, 1.165) is 5.56 Å². The number of ether oxygens (including phenoxy) is 2. The summed E-state index contributed by atoms with van der Waals surface area (Å²) in [6.45, 7) is 15.2. The summed E-state index contributed by atoms with van der Waals surface area (Å²) in [4.78, 5) is 54.9. The molecule has 0 saturated carbocycles. The summed E-state index contributed by atoms with van der Waals surface area (Å²) in [5, 5.41) is 16.1. The second-order valence-corrected chi connectivity index (χ2v) is 12.5. The Kier molecular flexibility index (Phi) is 11.5. The Morgan fingerprint density at radius 3 is 1.88 bits per heavy atom. The molecule has 0 heterocycles. The molecule has 3 amide bonds. The minimum Gasteiger partial charge on any atom is -0.508 e. The topological polar surface area (TPSA) is 134 Å². The Labute approximate surface area is 248 Å². The molecule has 2 aromatic carbocycles. The summed E-state index contributed by atoms with van der Waals surface area (Å²) in [5.41, 5.74) is -0.640. The number of esters is 1. The van der Waals surface area contributed by atoms with Crippen LogP contribution in [0.1, 0.15) is 79.5 Å². The van der Waals surface area contributed by atoms with E-state index in [9.17, 15) is 24.3 Å². The van der Waals surface area contributed by atoms with E-state index in [4.69, 9.17) is 9.47 Å². The van der Waals surface area contributed by atoms with Gasteiger partial charge in [-0.3, -0.25) is 9.59 Å². The SMILES string of the molecule is CC(NC(=O)OC(C)(C)C)C(=O)N(C(C)C)C(C(=O)NC(Cc1ccccc1)C(=O)OC(C)(C)C)c1ccccc1O. The fourth-order valence-corrected chi connectivity index (χ4v) is 4.25. The number of para-hydroxylation sites is 1. The van der Waals surface area contributed by atoms with Gasteiger partial charge < -0.3 is 30.1 Å². The summed E-state index contributed by atoms with van der Waals surface area (Å²) in [7, 11) is 0. The average Bonchev–Trinajstić information content (AvgIpc) is 2.85. The molecule has 2 aromatic rings. The molecular formula is C32H45N3O7. The number of nitrogens with zero attached hydrogens (tertiary/aromatic N) is 1. The van der Waals surface area contributed by atoms with Gasteiger partial charge in [0.1, 0.15) is 35.1 Å². The maximum absolute atomic E-state index is 14.1. The number of hydrogen-bond acceptors (Lipinski definition) is 7. The predicted molar refractivity (Wildman–Crippen MR) is 160 cm³/mol. The van der Waals surface area contributed by atoms with Gasteiger partial charge in [-0.1, -0.05) is 48.5 Å². The van der Waals surface area contributed by atoms with E-state index in [1.807, 2.05) is 30.3 Å². The fraction of sp³-hybridized carbons (Fsp3) is 0.500. The molecule has 10 nitrogen and oxygen atoms in total. The lowest BCUT2D eigenvalue weighted by Crippen LogP contribution is -2.56. The molecule has 0 aromatic heterocycles. The van der Waals surface area contributed by atoms with E-state index >= 15 is 0 Å². The summed E-state index contributed by atoms with van der Waals surface area (Å²) in [6.07, 6.45) is -0.648. The molecule has 3 N–H and O–H groups in total. The van der Waals surface area contributed by atoms with Crippen molar-refractivity contribution in [2.24, 2.45) is 0 Å². The summed E-state index contributed by atoms with van der Waals surface area (Å²) >= 11 is 0.